The number of anilines is 1. The summed E-state index contributed by atoms with van der Waals surface area (Å²) >= 11 is 3.80. The Morgan fingerprint density at radius 2 is 1.38 bits per heavy atom. The Hall–Kier alpha value is -4.21. The van der Waals surface area contributed by atoms with Gasteiger partial charge in [-0.05, 0) is 85.4 Å². The van der Waals surface area contributed by atoms with E-state index in [9.17, 15) is 0 Å². The Morgan fingerprint density at radius 3 is 2.06 bits per heavy atom. The van der Waals surface area contributed by atoms with Gasteiger partial charge in [0, 0.05) is 39.5 Å². The third kappa shape index (κ3) is 5.77. The summed E-state index contributed by atoms with van der Waals surface area (Å²) in [5.74, 6) is 0.619. The van der Waals surface area contributed by atoms with Crippen LogP contribution in [-0.2, 0) is 23.7 Å². The minimum atomic E-state index is -0.182. The molecule has 0 radical (unpaired) electrons. The van der Waals surface area contributed by atoms with Crippen LogP contribution in [0.4, 0.5) is 11.4 Å². The van der Waals surface area contributed by atoms with Gasteiger partial charge in [-0.2, -0.15) is 4.58 Å². The first-order chi connectivity index (χ1) is 23.2. The van der Waals surface area contributed by atoms with Crippen molar-refractivity contribution in [1.29, 1.82) is 0 Å². The fourth-order valence-corrected chi connectivity index (χ4v) is 8.61. The smallest absolute Gasteiger partial charge is 0.217 e. The second kappa shape index (κ2) is 13.0. The number of benzene rings is 5. The number of halogens is 1. The zero-order valence-electron chi connectivity index (χ0n) is 28.9. The molecule has 0 saturated heterocycles. The maximum atomic E-state index is 3.80. The van der Waals surface area contributed by atoms with Gasteiger partial charge in [-0.1, -0.05) is 133 Å². The molecule has 0 aromatic heterocycles. The van der Waals surface area contributed by atoms with E-state index in [0.29, 0.717) is 5.92 Å². The molecule has 5 aromatic rings. The minimum absolute atomic E-state index is 0.169. The molecule has 2 nitrogen and oxygen atoms in total. The predicted octanol–water partition coefficient (Wildman–Crippen LogP) is 11.3. The summed E-state index contributed by atoms with van der Waals surface area (Å²) in [6.07, 6.45) is 10.2. The molecule has 0 N–H and O–H groups in total. The first-order valence-electron chi connectivity index (χ1n) is 17.4. The molecule has 2 aliphatic rings. The molecule has 2 unspecified atom stereocenters. The number of hydrogen-bond donors (Lipinski definition) is 0. The normalized spacial score (nSPS) is 21.2. The third-order valence-corrected chi connectivity index (χ3v) is 11.2. The maximum absolute atomic E-state index is 3.80. The van der Waals surface area contributed by atoms with E-state index in [2.05, 4.69) is 194 Å². The zero-order valence-corrected chi connectivity index (χ0v) is 30.5. The molecule has 2 aliphatic heterocycles. The van der Waals surface area contributed by atoms with Crippen LogP contribution in [-0.4, -0.2) is 23.9 Å². The van der Waals surface area contributed by atoms with Gasteiger partial charge in [0.1, 0.15) is 7.05 Å². The van der Waals surface area contributed by atoms with E-state index in [1.54, 1.807) is 0 Å². The fraction of sp³-hybridized carbons (Fsp3) is 0.267. The second-order valence-corrected chi connectivity index (χ2v) is 15.4. The zero-order chi connectivity index (χ0) is 33.5. The SMILES string of the molecule is CC(C)CCN1C(=CC=CC2=[N+](C)c3c(ccc4ccccc34)C2(C)Cc2ccccc2)C(C)(Cc2ccccc2)c2ccc(Br)cc21. The topological polar surface area (TPSA) is 6.25 Å². The van der Waals surface area contributed by atoms with Gasteiger partial charge in [-0.15, -0.1) is 0 Å². The molecule has 0 fully saturated rings. The molecule has 242 valence electrons. The highest BCUT2D eigenvalue weighted by Gasteiger charge is 2.48. The van der Waals surface area contributed by atoms with Gasteiger partial charge >= 0.3 is 0 Å². The van der Waals surface area contributed by atoms with Crippen molar-refractivity contribution in [3.8, 4) is 0 Å². The lowest BCUT2D eigenvalue weighted by atomic mass is 9.74. The summed E-state index contributed by atoms with van der Waals surface area (Å²) in [6.45, 7) is 10.5. The number of fused-ring (bicyclic) bond motifs is 4. The maximum Gasteiger partial charge on any atom is 0.217 e. The Balaban J connectivity index is 1.37. The lowest BCUT2D eigenvalue weighted by molar-refractivity contribution is -0.399. The largest absolute Gasteiger partial charge is 0.344 e. The molecule has 2 atom stereocenters. The van der Waals surface area contributed by atoms with Gasteiger partial charge in [-0.25, -0.2) is 0 Å². The number of rotatable bonds is 9. The lowest BCUT2D eigenvalue weighted by Crippen LogP contribution is -2.33. The summed E-state index contributed by atoms with van der Waals surface area (Å²) in [6, 6.07) is 42.3. The van der Waals surface area contributed by atoms with Crippen molar-refractivity contribution in [2.45, 2.75) is 57.8 Å². The molecule has 5 aromatic carbocycles. The molecular weight excluding hydrogens is 648 g/mol. The van der Waals surface area contributed by atoms with Crippen LogP contribution < -0.4 is 4.90 Å². The molecule has 7 rings (SSSR count). The summed E-state index contributed by atoms with van der Waals surface area (Å²) in [7, 11) is 2.26. The van der Waals surface area contributed by atoms with E-state index < -0.39 is 0 Å². The highest BCUT2D eigenvalue weighted by molar-refractivity contribution is 9.10. The molecule has 0 saturated carbocycles. The van der Waals surface area contributed by atoms with Crippen LogP contribution in [0.1, 0.15) is 56.4 Å². The number of allylic oxidation sites excluding steroid dienone is 4. The van der Waals surface area contributed by atoms with Crippen molar-refractivity contribution in [2.24, 2.45) is 5.92 Å². The van der Waals surface area contributed by atoms with Crippen LogP contribution >= 0.6 is 15.9 Å². The summed E-state index contributed by atoms with van der Waals surface area (Å²) < 4.78 is 3.58. The van der Waals surface area contributed by atoms with Crippen molar-refractivity contribution in [3.63, 3.8) is 0 Å². The highest BCUT2D eigenvalue weighted by atomic mass is 79.9. The van der Waals surface area contributed by atoms with Crippen LogP contribution in [0.15, 0.2) is 144 Å². The van der Waals surface area contributed by atoms with Crippen LogP contribution in [0.25, 0.3) is 10.8 Å². The standard InChI is InChI=1S/C45H46BrN2/c1-32(2)27-28-48-40-29-36(46)24-26-38(40)44(3,30-33-15-8-6-9-16-33)42(48)22-14-21-41-45(4,31-34-17-10-7-11-18-34)39-25-23-35-19-12-13-20-37(35)43(39)47(41)5/h6-26,29,32H,27-28,30-31H2,1-5H3/q+1. The van der Waals surface area contributed by atoms with Crippen molar-refractivity contribution >= 4 is 43.8 Å². The van der Waals surface area contributed by atoms with E-state index in [0.717, 1.165) is 30.3 Å². The van der Waals surface area contributed by atoms with E-state index in [-0.39, 0.29) is 10.8 Å². The number of nitrogens with zero attached hydrogens (tertiary/aromatic N) is 2. The third-order valence-electron chi connectivity index (χ3n) is 10.7. The molecule has 0 spiro atoms. The molecule has 48 heavy (non-hydrogen) atoms. The van der Waals surface area contributed by atoms with Crippen molar-refractivity contribution < 1.29 is 4.58 Å². The quantitative estimate of drug-likeness (QED) is 0.139. The van der Waals surface area contributed by atoms with Crippen LogP contribution in [0.2, 0.25) is 0 Å². The Morgan fingerprint density at radius 1 is 0.750 bits per heavy atom. The first kappa shape index (κ1) is 32.3. The summed E-state index contributed by atoms with van der Waals surface area (Å²) in [5, 5.41) is 2.59. The molecule has 3 heteroatoms. The molecular formula is C45H46BrN2+. The van der Waals surface area contributed by atoms with Crippen molar-refractivity contribution in [1.82, 2.24) is 0 Å². The monoisotopic (exact) mass is 693 g/mol. The van der Waals surface area contributed by atoms with Gasteiger partial charge < -0.3 is 4.90 Å². The molecule has 2 heterocycles. The Kier molecular flexibility index (Phi) is 8.77. The van der Waals surface area contributed by atoms with Gasteiger partial charge in [-0.3, -0.25) is 0 Å². The fourth-order valence-electron chi connectivity index (χ4n) is 8.26. The predicted molar refractivity (Wildman–Crippen MR) is 208 cm³/mol. The highest BCUT2D eigenvalue weighted by Crippen LogP contribution is 2.51. The van der Waals surface area contributed by atoms with Gasteiger partial charge in [0.25, 0.3) is 0 Å². The van der Waals surface area contributed by atoms with Gasteiger partial charge in [0.05, 0.1) is 10.8 Å². The Labute approximate surface area is 295 Å². The first-order valence-corrected chi connectivity index (χ1v) is 18.2. The van der Waals surface area contributed by atoms with E-state index in [4.69, 9.17) is 0 Å². The van der Waals surface area contributed by atoms with Crippen LogP contribution in [0.5, 0.6) is 0 Å². The summed E-state index contributed by atoms with van der Waals surface area (Å²) in [5.41, 5.74) is 10.5. The average molecular weight is 695 g/mol. The Bertz CT molecular complexity index is 2060. The van der Waals surface area contributed by atoms with E-state index in [1.165, 1.54) is 55.8 Å². The van der Waals surface area contributed by atoms with Gasteiger partial charge in [0.2, 0.25) is 5.69 Å². The van der Waals surface area contributed by atoms with Crippen molar-refractivity contribution in [2.75, 3.05) is 18.5 Å². The molecule has 0 amide bonds. The number of hydrogen-bond acceptors (Lipinski definition) is 1. The van der Waals surface area contributed by atoms with Crippen LogP contribution in [0, 0.1) is 5.92 Å². The lowest BCUT2D eigenvalue weighted by Gasteiger charge is -2.31. The summed E-state index contributed by atoms with van der Waals surface area (Å²) in [4.78, 5) is 2.60. The van der Waals surface area contributed by atoms with Crippen molar-refractivity contribution in [3.05, 3.63) is 166 Å². The minimum Gasteiger partial charge on any atom is -0.344 e. The molecule has 0 aliphatic carbocycles. The van der Waals surface area contributed by atoms with E-state index >= 15 is 0 Å². The average Bonchev–Trinajstić information content (AvgIpc) is 3.43. The van der Waals surface area contributed by atoms with Gasteiger partial charge in [0.15, 0.2) is 5.71 Å². The second-order valence-electron chi connectivity index (χ2n) is 14.5. The van der Waals surface area contributed by atoms with E-state index in [1.807, 2.05) is 0 Å². The van der Waals surface area contributed by atoms with Crippen LogP contribution in [0.3, 0.4) is 0 Å². The molecule has 0 bridgehead atoms.